The van der Waals surface area contributed by atoms with Crippen molar-refractivity contribution < 1.29 is 14.3 Å². The maximum absolute atomic E-state index is 12.6. The Labute approximate surface area is 165 Å². The van der Waals surface area contributed by atoms with Crippen molar-refractivity contribution in [3.8, 4) is 11.5 Å². The Balaban J connectivity index is 1.72. The number of ether oxygens (including phenoxy) is 2. The first-order valence-electron chi connectivity index (χ1n) is 8.43. The Morgan fingerprint density at radius 3 is 2.82 bits per heavy atom. The number of methoxy groups -OCH3 is 2. The molecule has 9 heteroatoms. The minimum Gasteiger partial charge on any atom is -0.497 e. The van der Waals surface area contributed by atoms with Gasteiger partial charge in [-0.2, -0.15) is 5.10 Å². The van der Waals surface area contributed by atoms with E-state index in [1.807, 2.05) is 13.8 Å². The summed E-state index contributed by atoms with van der Waals surface area (Å²) in [6, 6.07) is 5.24. The molecule has 0 aliphatic heterocycles. The van der Waals surface area contributed by atoms with Gasteiger partial charge in [0.05, 0.1) is 32.1 Å². The number of aromatic nitrogens is 2. The first-order valence-corrected chi connectivity index (χ1v) is 9.25. The largest absolute Gasteiger partial charge is 0.497 e. The van der Waals surface area contributed by atoms with Gasteiger partial charge in [0.2, 0.25) is 0 Å². The molecule has 1 amide bonds. The lowest BCUT2D eigenvalue weighted by Crippen LogP contribution is -2.30. The molecule has 0 unspecified atom stereocenters. The lowest BCUT2D eigenvalue weighted by Gasteiger charge is -2.07. The van der Waals surface area contributed by atoms with Crippen LogP contribution < -0.4 is 20.5 Å². The Bertz CT molecular complexity index is 1120. The van der Waals surface area contributed by atoms with Gasteiger partial charge in [-0.05, 0) is 31.5 Å². The Hall–Kier alpha value is -3.20. The van der Waals surface area contributed by atoms with Gasteiger partial charge >= 0.3 is 0 Å². The van der Waals surface area contributed by atoms with Gasteiger partial charge in [0.1, 0.15) is 22.9 Å². The SMILES string of the molecule is COc1ccc(C=NNC(=O)Cn2cnc3sc(C)c(C)c3c2=O)c(OC)c1. The second kappa shape index (κ2) is 8.22. The van der Waals surface area contributed by atoms with Gasteiger partial charge in [-0.1, -0.05) is 0 Å². The number of hydrogen-bond acceptors (Lipinski definition) is 7. The third-order valence-corrected chi connectivity index (χ3v) is 5.42. The summed E-state index contributed by atoms with van der Waals surface area (Å²) in [6.07, 6.45) is 2.85. The zero-order valence-electron chi connectivity index (χ0n) is 16.0. The molecular weight excluding hydrogens is 380 g/mol. The molecule has 146 valence electrons. The van der Waals surface area contributed by atoms with Gasteiger partial charge in [-0.3, -0.25) is 14.2 Å². The number of benzene rings is 1. The third-order valence-electron chi connectivity index (χ3n) is 4.30. The van der Waals surface area contributed by atoms with E-state index in [1.165, 1.54) is 35.6 Å². The van der Waals surface area contributed by atoms with E-state index in [4.69, 9.17) is 9.47 Å². The molecule has 0 aliphatic rings. The van der Waals surface area contributed by atoms with Gasteiger partial charge in [0, 0.05) is 16.5 Å². The van der Waals surface area contributed by atoms with Crippen LogP contribution in [0.25, 0.3) is 10.2 Å². The molecule has 3 aromatic rings. The first-order chi connectivity index (χ1) is 13.4. The highest BCUT2D eigenvalue weighted by molar-refractivity contribution is 7.18. The van der Waals surface area contributed by atoms with Crippen molar-refractivity contribution >= 4 is 33.7 Å². The summed E-state index contributed by atoms with van der Waals surface area (Å²) in [6.45, 7) is 3.65. The predicted molar refractivity (Wildman–Crippen MR) is 109 cm³/mol. The van der Waals surface area contributed by atoms with Crippen molar-refractivity contribution in [2.24, 2.45) is 5.10 Å². The van der Waals surface area contributed by atoms with E-state index < -0.39 is 5.91 Å². The standard InChI is InChI=1S/C19H20N4O4S/c1-11-12(2)28-18-17(11)19(25)23(10-20-18)9-16(24)22-21-8-13-5-6-14(26-3)7-15(13)27-4/h5-8,10H,9H2,1-4H3,(H,22,24). The number of aryl methyl sites for hydroxylation is 2. The smallest absolute Gasteiger partial charge is 0.262 e. The van der Waals surface area contributed by atoms with Crippen molar-refractivity contribution in [3.63, 3.8) is 0 Å². The average Bonchev–Trinajstić information content (AvgIpc) is 2.98. The number of hydrogen-bond donors (Lipinski definition) is 1. The van der Waals surface area contributed by atoms with Crippen molar-refractivity contribution in [3.05, 3.63) is 50.9 Å². The number of amides is 1. The van der Waals surface area contributed by atoms with E-state index in [0.29, 0.717) is 27.3 Å². The van der Waals surface area contributed by atoms with Gasteiger partial charge in [0.25, 0.3) is 11.5 Å². The highest BCUT2D eigenvalue weighted by atomic mass is 32.1. The molecule has 0 saturated carbocycles. The molecule has 1 N–H and O–H groups in total. The molecule has 3 rings (SSSR count). The molecule has 0 spiro atoms. The molecular formula is C19H20N4O4S. The molecule has 2 heterocycles. The van der Waals surface area contributed by atoms with Gasteiger partial charge in [0.15, 0.2) is 0 Å². The number of carbonyl (C=O) groups excluding carboxylic acids is 1. The van der Waals surface area contributed by atoms with Crippen LogP contribution in [0.4, 0.5) is 0 Å². The molecule has 1 aromatic carbocycles. The maximum atomic E-state index is 12.6. The fourth-order valence-corrected chi connectivity index (χ4v) is 3.66. The summed E-state index contributed by atoms with van der Waals surface area (Å²) >= 11 is 1.47. The molecule has 28 heavy (non-hydrogen) atoms. The van der Waals surface area contributed by atoms with Crippen LogP contribution in [0.1, 0.15) is 16.0 Å². The molecule has 0 fully saturated rings. The van der Waals surface area contributed by atoms with Crippen molar-refractivity contribution in [1.82, 2.24) is 15.0 Å². The van der Waals surface area contributed by atoms with E-state index >= 15 is 0 Å². The Morgan fingerprint density at radius 1 is 1.32 bits per heavy atom. The zero-order chi connectivity index (χ0) is 20.3. The summed E-state index contributed by atoms with van der Waals surface area (Å²) in [5.41, 5.74) is 3.75. The number of nitrogens with zero attached hydrogens (tertiary/aromatic N) is 3. The molecule has 0 atom stereocenters. The summed E-state index contributed by atoms with van der Waals surface area (Å²) in [4.78, 5) is 30.8. The normalized spacial score (nSPS) is 11.1. The lowest BCUT2D eigenvalue weighted by atomic mass is 10.2. The number of rotatable bonds is 6. The van der Waals surface area contributed by atoms with Crippen LogP contribution in [-0.4, -0.2) is 35.9 Å². The minimum absolute atomic E-state index is 0.173. The molecule has 0 radical (unpaired) electrons. The van der Waals surface area contributed by atoms with Crippen molar-refractivity contribution in [1.29, 1.82) is 0 Å². The van der Waals surface area contributed by atoms with Gasteiger partial charge in [-0.25, -0.2) is 10.4 Å². The minimum atomic E-state index is -0.434. The van der Waals surface area contributed by atoms with E-state index in [2.05, 4.69) is 15.5 Å². The molecule has 8 nitrogen and oxygen atoms in total. The maximum Gasteiger partial charge on any atom is 0.262 e. The molecule has 0 aliphatic carbocycles. The summed E-state index contributed by atoms with van der Waals surface area (Å²) in [7, 11) is 3.10. The highest BCUT2D eigenvalue weighted by Gasteiger charge is 2.13. The van der Waals surface area contributed by atoms with Crippen LogP contribution in [0.2, 0.25) is 0 Å². The van der Waals surface area contributed by atoms with Crippen molar-refractivity contribution in [2.45, 2.75) is 20.4 Å². The highest BCUT2D eigenvalue weighted by Crippen LogP contribution is 2.25. The van der Waals surface area contributed by atoms with Crippen LogP contribution in [-0.2, 0) is 11.3 Å². The van der Waals surface area contributed by atoms with Crippen LogP contribution >= 0.6 is 11.3 Å². The Kier molecular flexibility index (Phi) is 5.74. The second-order valence-electron chi connectivity index (χ2n) is 6.04. The third kappa shape index (κ3) is 3.89. The zero-order valence-corrected chi connectivity index (χ0v) is 16.8. The number of thiophene rings is 1. The predicted octanol–water partition coefficient (Wildman–Crippen LogP) is 2.24. The fraction of sp³-hybridized carbons (Fsp3) is 0.263. The number of nitrogens with one attached hydrogen (secondary N) is 1. The van der Waals surface area contributed by atoms with E-state index in [0.717, 1.165) is 10.4 Å². The number of fused-ring (bicyclic) bond motifs is 1. The van der Waals surface area contributed by atoms with Crippen LogP contribution in [0.15, 0.2) is 34.4 Å². The van der Waals surface area contributed by atoms with E-state index in [1.54, 1.807) is 25.3 Å². The molecule has 0 bridgehead atoms. The first kappa shape index (κ1) is 19.6. The fourth-order valence-electron chi connectivity index (χ4n) is 2.67. The monoisotopic (exact) mass is 400 g/mol. The number of hydrazone groups is 1. The topological polar surface area (TPSA) is 94.8 Å². The Morgan fingerprint density at radius 2 is 2.11 bits per heavy atom. The summed E-state index contributed by atoms with van der Waals surface area (Å²) < 4.78 is 11.7. The van der Waals surface area contributed by atoms with E-state index in [-0.39, 0.29) is 12.1 Å². The molecule has 2 aromatic heterocycles. The van der Waals surface area contributed by atoms with Crippen LogP contribution in [0, 0.1) is 13.8 Å². The average molecular weight is 400 g/mol. The second-order valence-corrected chi connectivity index (χ2v) is 7.25. The quantitative estimate of drug-likeness (QED) is 0.506. The summed E-state index contributed by atoms with van der Waals surface area (Å²) in [5, 5.41) is 4.50. The van der Waals surface area contributed by atoms with Gasteiger partial charge < -0.3 is 9.47 Å². The lowest BCUT2D eigenvalue weighted by molar-refractivity contribution is -0.121. The van der Waals surface area contributed by atoms with Gasteiger partial charge in [-0.15, -0.1) is 11.3 Å². The van der Waals surface area contributed by atoms with Crippen LogP contribution in [0.5, 0.6) is 11.5 Å². The van der Waals surface area contributed by atoms with E-state index in [9.17, 15) is 9.59 Å². The van der Waals surface area contributed by atoms with Crippen LogP contribution in [0.3, 0.4) is 0 Å². The number of carbonyl (C=O) groups is 1. The van der Waals surface area contributed by atoms with Crippen molar-refractivity contribution in [2.75, 3.05) is 14.2 Å². The summed E-state index contributed by atoms with van der Waals surface area (Å²) in [5.74, 6) is 0.780. The molecule has 0 saturated heterocycles.